The van der Waals surface area contributed by atoms with E-state index >= 15 is 0 Å². The zero-order chi connectivity index (χ0) is 11.2. The molecular weight excluding hydrogens is 205 g/mol. The predicted octanol–water partition coefficient (Wildman–Crippen LogP) is 2.65. The highest BCUT2D eigenvalue weighted by molar-refractivity contribution is 5.79. The van der Waals surface area contributed by atoms with Crippen molar-refractivity contribution in [2.45, 2.75) is 24.7 Å². The second-order valence-electron chi connectivity index (χ2n) is 4.34. The van der Waals surface area contributed by atoms with Gasteiger partial charge in [-0.15, -0.1) is 0 Å². The molecule has 4 heteroatoms. The minimum atomic E-state index is -0.608. The average Bonchev–Trinajstić information content (AvgIpc) is 2.64. The Balaban J connectivity index is 2.23. The molecule has 3 rings (SSSR count). The van der Waals surface area contributed by atoms with Crippen LogP contribution in [0.5, 0.6) is 0 Å². The van der Waals surface area contributed by atoms with Crippen LogP contribution in [0.25, 0.3) is 10.9 Å². The van der Waals surface area contributed by atoms with Crippen LogP contribution in [0.4, 0.5) is 4.39 Å². The summed E-state index contributed by atoms with van der Waals surface area (Å²) in [5, 5.41) is 16.6. The summed E-state index contributed by atoms with van der Waals surface area (Å²) in [6.45, 7) is 0. The summed E-state index contributed by atoms with van der Waals surface area (Å²) >= 11 is 0. The van der Waals surface area contributed by atoms with Crippen molar-refractivity contribution in [1.82, 2.24) is 10.2 Å². The van der Waals surface area contributed by atoms with Gasteiger partial charge in [0.15, 0.2) is 0 Å². The van der Waals surface area contributed by atoms with Crippen LogP contribution < -0.4 is 0 Å². The molecule has 1 aliphatic rings. The number of nitrogens with zero attached hydrogens (tertiary/aromatic N) is 2. The Labute approximate surface area is 91.9 Å². The number of halogens is 1. The molecule has 0 spiro atoms. The summed E-state index contributed by atoms with van der Waals surface area (Å²) in [4.78, 5) is 0. The fourth-order valence-corrected chi connectivity index (χ4v) is 2.30. The number of benzene rings is 1. The van der Waals surface area contributed by atoms with Gasteiger partial charge in [0.2, 0.25) is 0 Å². The van der Waals surface area contributed by atoms with Crippen molar-refractivity contribution < 1.29 is 4.39 Å². The van der Waals surface area contributed by atoms with Gasteiger partial charge < -0.3 is 0 Å². The predicted molar refractivity (Wildman–Crippen MR) is 57.2 cm³/mol. The second kappa shape index (κ2) is 3.05. The Morgan fingerprint density at radius 2 is 2.25 bits per heavy atom. The lowest BCUT2D eigenvalue weighted by Crippen LogP contribution is -2.33. The quantitative estimate of drug-likeness (QED) is 0.795. The summed E-state index contributed by atoms with van der Waals surface area (Å²) < 4.78 is 13.9. The number of fused-ring (bicyclic) bond motifs is 1. The van der Waals surface area contributed by atoms with E-state index in [0.717, 1.165) is 30.2 Å². The zero-order valence-electron chi connectivity index (χ0n) is 8.63. The molecular formula is C12H10FN3. The first-order chi connectivity index (χ1) is 7.75. The molecule has 1 saturated carbocycles. The van der Waals surface area contributed by atoms with Gasteiger partial charge >= 0.3 is 0 Å². The molecule has 1 heterocycles. The maximum absolute atomic E-state index is 13.9. The molecule has 16 heavy (non-hydrogen) atoms. The van der Waals surface area contributed by atoms with E-state index in [9.17, 15) is 9.65 Å². The molecule has 80 valence electrons. The van der Waals surface area contributed by atoms with Crippen molar-refractivity contribution >= 4 is 10.9 Å². The normalized spacial score (nSPS) is 18.0. The van der Waals surface area contributed by atoms with Crippen molar-refractivity contribution in [3.05, 3.63) is 29.7 Å². The lowest BCUT2D eigenvalue weighted by atomic mass is 9.65. The van der Waals surface area contributed by atoms with Gasteiger partial charge in [-0.05, 0) is 31.4 Å². The molecule has 2 aromatic rings. The minimum absolute atomic E-state index is 0.296. The number of hydrogen-bond donors (Lipinski definition) is 1. The van der Waals surface area contributed by atoms with E-state index in [-0.39, 0.29) is 5.82 Å². The smallest absolute Gasteiger partial charge is 0.128 e. The van der Waals surface area contributed by atoms with Crippen molar-refractivity contribution in [3.63, 3.8) is 0 Å². The third kappa shape index (κ3) is 1.09. The van der Waals surface area contributed by atoms with Crippen LogP contribution in [0.1, 0.15) is 24.8 Å². The van der Waals surface area contributed by atoms with Gasteiger partial charge in [0, 0.05) is 10.9 Å². The first-order valence-electron chi connectivity index (χ1n) is 5.29. The molecule has 1 aromatic carbocycles. The number of H-pyrrole nitrogens is 1. The summed E-state index contributed by atoms with van der Waals surface area (Å²) in [6, 6.07) is 5.43. The number of nitriles is 1. The van der Waals surface area contributed by atoms with Crippen LogP contribution in [0, 0.1) is 17.1 Å². The van der Waals surface area contributed by atoms with Crippen LogP contribution in [-0.2, 0) is 5.41 Å². The van der Waals surface area contributed by atoms with E-state index in [2.05, 4.69) is 16.3 Å². The topological polar surface area (TPSA) is 52.5 Å². The molecule has 3 nitrogen and oxygen atoms in total. The zero-order valence-corrected chi connectivity index (χ0v) is 8.63. The molecule has 0 unspecified atom stereocenters. The Bertz CT molecular complexity index is 590. The van der Waals surface area contributed by atoms with Crippen LogP contribution in [0.15, 0.2) is 18.3 Å². The van der Waals surface area contributed by atoms with Crippen molar-refractivity contribution in [3.8, 4) is 6.07 Å². The molecule has 1 N–H and O–H groups in total. The second-order valence-corrected chi connectivity index (χ2v) is 4.34. The highest BCUT2D eigenvalue weighted by Gasteiger charge is 2.41. The first kappa shape index (κ1) is 9.34. The van der Waals surface area contributed by atoms with Gasteiger partial charge in [0.25, 0.3) is 0 Å². The Kier molecular flexibility index (Phi) is 1.78. The first-order valence-corrected chi connectivity index (χ1v) is 5.29. The van der Waals surface area contributed by atoms with Gasteiger partial charge in [-0.3, -0.25) is 5.10 Å². The molecule has 1 fully saturated rings. The van der Waals surface area contributed by atoms with Gasteiger partial charge in [-0.2, -0.15) is 10.4 Å². The average molecular weight is 215 g/mol. The number of hydrogen-bond acceptors (Lipinski definition) is 2. The van der Waals surface area contributed by atoms with E-state index < -0.39 is 5.41 Å². The Morgan fingerprint density at radius 3 is 2.88 bits per heavy atom. The van der Waals surface area contributed by atoms with Crippen LogP contribution >= 0.6 is 0 Å². The number of aromatic nitrogens is 2. The summed E-state index contributed by atoms with van der Waals surface area (Å²) in [6.07, 6.45) is 4.08. The summed E-state index contributed by atoms with van der Waals surface area (Å²) in [7, 11) is 0. The molecule has 0 atom stereocenters. The fourth-order valence-electron chi connectivity index (χ4n) is 2.30. The number of rotatable bonds is 1. The number of aromatic amines is 1. The van der Waals surface area contributed by atoms with Crippen LogP contribution in [-0.4, -0.2) is 10.2 Å². The Hall–Kier alpha value is -1.89. The van der Waals surface area contributed by atoms with Gasteiger partial charge in [-0.1, -0.05) is 0 Å². The third-order valence-electron chi connectivity index (χ3n) is 3.46. The summed E-state index contributed by atoms with van der Waals surface area (Å²) in [5.74, 6) is -0.296. The third-order valence-corrected chi connectivity index (χ3v) is 3.46. The van der Waals surface area contributed by atoms with E-state index in [4.69, 9.17) is 0 Å². The lowest BCUT2D eigenvalue weighted by molar-refractivity contribution is 0.313. The van der Waals surface area contributed by atoms with E-state index in [1.807, 2.05) is 0 Å². The number of nitrogens with one attached hydrogen (secondary N) is 1. The van der Waals surface area contributed by atoms with Crippen LogP contribution in [0.2, 0.25) is 0 Å². The molecule has 0 radical (unpaired) electrons. The highest BCUT2D eigenvalue weighted by Crippen LogP contribution is 2.44. The van der Waals surface area contributed by atoms with Crippen LogP contribution in [0.3, 0.4) is 0 Å². The van der Waals surface area contributed by atoms with E-state index in [1.165, 1.54) is 6.07 Å². The van der Waals surface area contributed by atoms with Crippen molar-refractivity contribution in [2.24, 2.45) is 0 Å². The molecule has 0 saturated heterocycles. The molecule has 1 aliphatic carbocycles. The van der Waals surface area contributed by atoms with E-state index in [0.29, 0.717) is 5.56 Å². The van der Waals surface area contributed by atoms with Gasteiger partial charge in [-0.25, -0.2) is 4.39 Å². The maximum atomic E-state index is 13.9. The highest BCUT2D eigenvalue weighted by atomic mass is 19.1. The van der Waals surface area contributed by atoms with Gasteiger partial charge in [0.05, 0.1) is 23.2 Å². The standard InChI is InChI=1S/C12H10FN3/c13-10-4-8-6-15-16-11(8)5-9(10)12(7-14)2-1-3-12/h4-6H,1-3H2,(H,15,16). The summed E-state index contributed by atoms with van der Waals surface area (Å²) in [5.41, 5.74) is 0.694. The monoisotopic (exact) mass is 215 g/mol. The molecule has 1 aromatic heterocycles. The fraction of sp³-hybridized carbons (Fsp3) is 0.333. The SMILES string of the molecule is N#CC1(c2cc3[nH]ncc3cc2F)CCC1. The van der Waals surface area contributed by atoms with Crippen molar-refractivity contribution in [2.75, 3.05) is 0 Å². The van der Waals surface area contributed by atoms with Crippen molar-refractivity contribution in [1.29, 1.82) is 5.26 Å². The maximum Gasteiger partial charge on any atom is 0.128 e. The molecule has 0 amide bonds. The Morgan fingerprint density at radius 1 is 1.44 bits per heavy atom. The lowest BCUT2D eigenvalue weighted by Gasteiger charge is -2.35. The largest absolute Gasteiger partial charge is 0.278 e. The molecule has 0 aliphatic heterocycles. The van der Waals surface area contributed by atoms with Gasteiger partial charge in [0.1, 0.15) is 5.82 Å². The van der Waals surface area contributed by atoms with E-state index in [1.54, 1.807) is 12.3 Å². The molecule has 0 bridgehead atoms. The minimum Gasteiger partial charge on any atom is -0.278 e.